The number of hydrogen-bond acceptors (Lipinski definition) is 5. The number of benzene rings is 1. The Hall–Kier alpha value is -1.81. The summed E-state index contributed by atoms with van der Waals surface area (Å²) >= 11 is 6.20. The molecular formula is C16H17ClN2O4. The lowest BCUT2D eigenvalue weighted by Crippen LogP contribution is -2.51. The molecule has 23 heavy (non-hydrogen) atoms. The molecule has 1 spiro atoms. The molecule has 6 nitrogen and oxygen atoms in total. The van der Waals surface area contributed by atoms with Crippen LogP contribution in [0.2, 0.25) is 5.02 Å². The number of ether oxygens (including phenoxy) is 2. The van der Waals surface area contributed by atoms with Crippen molar-refractivity contribution in [3.8, 4) is 6.07 Å². The number of amides is 1. The zero-order chi connectivity index (χ0) is 16.8. The molecule has 1 N–H and O–H groups in total. The number of carbonyl (C=O) groups excluding carboxylic acids is 1. The summed E-state index contributed by atoms with van der Waals surface area (Å²) in [6.07, 6.45) is -0.228. The number of nitrogens with zero attached hydrogens (tertiary/aromatic N) is 2. The number of aliphatic hydroxyl groups is 1. The molecule has 1 aromatic carbocycles. The van der Waals surface area contributed by atoms with Crippen LogP contribution in [0.15, 0.2) is 12.1 Å². The Labute approximate surface area is 139 Å². The van der Waals surface area contributed by atoms with E-state index in [-0.39, 0.29) is 0 Å². The summed E-state index contributed by atoms with van der Waals surface area (Å²) in [6.45, 7) is 1.73. The molecule has 0 bridgehead atoms. The van der Waals surface area contributed by atoms with Gasteiger partial charge in [-0.3, -0.25) is 0 Å². The minimum absolute atomic E-state index is 0.292. The second-order valence-corrected chi connectivity index (χ2v) is 6.25. The Morgan fingerprint density at radius 2 is 2.30 bits per heavy atom. The molecule has 3 atom stereocenters. The van der Waals surface area contributed by atoms with Gasteiger partial charge in [-0.25, -0.2) is 9.69 Å². The van der Waals surface area contributed by atoms with Crippen molar-refractivity contribution in [2.75, 3.05) is 12.0 Å². The summed E-state index contributed by atoms with van der Waals surface area (Å²) in [6, 6.07) is 5.21. The molecule has 0 unspecified atom stereocenters. The molecule has 1 saturated carbocycles. The van der Waals surface area contributed by atoms with Gasteiger partial charge in [0.05, 0.1) is 22.4 Å². The predicted molar refractivity (Wildman–Crippen MR) is 83.2 cm³/mol. The van der Waals surface area contributed by atoms with Gasteiger partial charge in [0.25, 0.3) is 0 Å². The van der Waals surface area contributed by atoms with Gasteiger partial charge in [-0.2, -0.15) is 5.26 Å². The van der Waals surface area contributed by atoms with Crippen molar-refractivity contribution in [2.45, 2.75) is 44.1 Å². The predicted octanol–water partition coefficient (Wildman–Crippen LogP) is 2.73. The first-order valence-electron chi connectivity index (χ1n) is 7.38. The minimum Gasteiger partial charge on any atom is -0.435 e. The van der Waals surface area contributed by atoms with Crippen LogP contribution in [0.5, 0.6) is 0 Å². The Morgan fingerprint density at radius 3 is 2.87 bits per heavy atom. The van der Waals surface area contributed by atoms with Gasteiger partial charge in [0.2, 0.25) is 0 Å². The Kier molecular flexibility index (Phi) is 3.96. The normalized spacial score (nSPS) is 29.9. The van der Waals surface area contributed by atoms with Crippen molar-refractivity contribution in [1.29, 1.82) is 5.26 Å². The number of hydrogen-bond donors (Lipinski definition) is 1. The first-order valence-corrected chi connectivity index (χ1v) is 7.76. The highest BCUT2D eigenvalue weighted by Gasteiger charge is 2.61. The van der Waals surface area contributed by atoms with Crippen molar-refractivity contribution in [2.24, 2.45) is 0 Å². The molecule has 3 rings (SSSR count). The molecule has 1 saturated heterocycles. The third-order valence-corrected chi connectivity index (χ3v) is 5.18. The molecule has 1 aliphatic carbocycles. The highest BCUT2D eigenvalue weighted by molar-refractivity contribution is 6.33. The highest BCUT2D eigenvalue weighted by Crippen LogP contribution is 2.46. The molecule has 1 aliphatic heterocycles. The lowest BCUT2D eigenvalue weighted by atomic mass is 9.96. The highest BCUT2D eigenvalue weighted by atomic mass is 35.5. The van der Waals surface area contributed by atoms with Gasteiger partial charge in [-0.1, -0.05) is 11.6 Å². The number of carbonyl (C=O) groups is 1. The number of halogens is 1. The molecule has 0 aromatic heterocycles. The maximum absolute atomic E-state index is 12.5. The van der Waals surface area contributed by atoms with E-state index in [4.69, 9.17) is 26.3 Å². The van der Waals surface area contributed by atoms with Crippen LogP contribution in [-0.2, 0) is 9.47 Å². The monoisotopic (exact) mass is 336 g/mol. The summed E-state index contributed by atoms with van der Waals surface area (Å²) in [4.78, 5) is 13.8. The van der Waals surface area contributed by atoms with Gasteiger partial charge in [-0.15, -0.1) is 0 Å². The number of methoxy groups -OCH3 is 1. The van der Waals surface area contributed by atoms with Crippen LogP contribution < -0.4 is 4.90 Å². The first kappa shape index (κ1) is 16.1. The van der Waals surface area contributed by atoms with E-state index in [1.807, 2.05) is 6.07 Å². The third kappa shape index (κ3) is 2.19. The largest absolute Gasteiger partial charge is 0.435 e. The minimum atomic E-state index is -1.06. The molecule has 0 radical (unpaired) electrons. The zero-order valence-electron chi connectivity index (χ0n) is 12.9. The summed E-state index contributed by atoms with van der Waals surface area (Å²) < 4.78 is 11.1. The SMILES string of the molecule is CO[C@@H]1N(c2ccc(C#N)c(Cl)c2C)C(=O)O[C@@]12CCC[C@@H]2O. The van der Waals surface area contributed by atoms with E-state index in [2.05, 4.69) is 0 Å². The van der Waals surface area contributed by atoms with Crippen molar-refractivity contribution in [1.82, 2.24) is 0 Å². The van der Waals surface area contributed by atoms with Crippen molar-refractivity contribution < 1.29 is 19.4 Å². The zero-order valence-corrected chi connectivity index (χ0v) is 13.6. The van der Waals surface area contributed by atoms with Gasteiger partial charge in [-0.05, 0) is 43.9 Å². The maximum Gasteiger partial charge on any atom is 0.417 e. The van der Waals surface area contributed by atoms with Gasteiger partial charge < -0.3 is 14.6 Å². The Morgan fingerprint density at radius 1 is 1.57 bits per heavy atom. The first-order chi connectivity index (χ1) is 11.0. The lowest BCUT2D eigenvalue weighted by molar-refractivity contribution is -0.107. The van der Waals surface area contributed by atoms with Gasteiger partial charge in [0, 0.05) is 7.11 Å². The molecule has 1 amide bonds. The fourth-order valence-corrected chi connectivity index (χ4v) is 3.72. The fourth-order valence-electron chi connectivity index (χ4n) is 3.52. The molecule has 7 heteroatoms. The average molecular weight is 337 g/mol. The quantitative estimate of drug-likeness (QED) is 0.897. The summed E-state index contributed by atoms with van der Waals surface area (Å²) in [5.41, 5.74) is 0.389. The van der Waals surface area contributed by atoms with Crippen LogP contribution in [0.4, 0.5) is 10.5 Å². The Balaban J connectivity index is 2.08. The van der Waals surface area contributed by atoms with Crippen LogP contribution in [0.1, 0.15) is 30.4 Å². The van der Waals surface area contributed by atoms with Crippen molar-refractivity contribution in [3.05, 3.63) is 28.3 Å². The third-order valence-electron chi connectivity index (χ3n) is 4.70. The maximum atomic E-state index is 12.5. The van der Waals surface area contributed by atoms with E-state index in [9.17, 15) is 9.90 Å². The smallest absolute Gasteiger partial charge is 0.417 e. The second kappa shape index (κ2) is 5.68. The topological polar surface area (TPSA) is 82.8 Å². The van der Waals surface area contributed by atoms with Gasteiger partial charge in [0.15, 0.2) is 11.8 Å². The van der Waals surface area contributed by atoms with Crippen molar-refractivity contribution >= 4 is 23.4 Å². The van der Waals surface area contributed by atoms with Crippen LogP contribution >= 0.6 is 11.6 Å². The van der Waals surface area contributed by atoms with E-state index >= 15 is 0 Å². The van der Waals surface area contributed by atoms with E-state index in [0.29, 0.717) is 34.7 Å². The molecule has 2 fully saturated rings. The van der Waals surface area contributed by atoms with E-state index in [1.54, 1.807) is 19.1 Å². The van der Waals surface area contributed by atoms with E-state index in [0.717, 1.165) is 6.42 Å². The summed E-state index contributed by atoms with van der Waals surface area (Å²) in [7, 11) is 1.48. The molecule has 122 valence electrons. The number of nitriles is 1. The second-order valence-electron chi connectivity index (χ2n) is 5.87. The number of aliphatic hydroxyl groups excluding tert-OH is 1. The summed E-state index contributed by atoms with van der Waals surface area (Å²) in [5.74, 6) is 0. The van der Waals surface area contributed by atoms with E-state index < -0.39 is 24.0 Å². The summed E-state index contributed by atoms with van der Waals surface area (Å²) in [5, 5.41) is 19.7. The van der Waals surface area contributed by atoms with Crippen LogP contribution in [-0.4, -0.2) is 36.2 Å². The molecular weight excluding hydrogens is 320 g/mol. The Bertz CT molecular complexity index is 702. The molecule has 1 heterocycles. The van der Waals surface area contributed by atoms with Crippen LogP contribution in [0.25, 0.3) is 0 Å². The molecule has 1 aromatic rings. The van der Waals surface area contributed by atoms with Crippen LogP contribution in [0, 0.1) is 18.3 Å². The van der Waals surface area contributed by atoms with Gasteiger partial charge >= 0.3 is 6.09 Å². The van der Waals surface area contributed by atoms with Gasteiger partial charge in [0.1, 0.15) is 6.07 Å². The van der Waals surface area contributed by atoms with Crippen LogP contribution in [0.3, 0.4) is 0 Å². The number of rotatable bonds is 2. The standard InChI is InChI=1S/C16H17ClN2O4/c1-9-11(6-5-10(8-18)13(9)17)19-14(22-2)16(23-15(19)21)7-3-4-12(16)20/h5-6,12,14,20H,3-4,7H2,1-2H3/t12-,14-,16+/m0/s1. The fraction of sp³-hybridized carbons (Fsp3) is 0.500. The van der Waals surface area contributed by atoms with E-state index in [1.165, 1.54) is 12.0 Å². The van der Waals surface area contributed by atoms with Crippen molar-refractivity contribution in [3.63, 3.8) is 0 Å². The molecule has 2 aliphatic rings. The lowest BCUT2D eigenvalue weighted by Gasteiger charge is -2.33. The number of anilines is 1. The average Bonchev–Trinajstić information content (AvgIpc) is 3.03.